The minimum absolute atomic E-state index is 0.208. The lowest BCUT2D eigenvalue weighted by Gasteiger charge is -2.04. The van der Waals surface area contributed by atoms with E-state index in [-0.39, 0.29) is 5.75 Å². The van der Waals surface area contributed by atoms with Crippen LogP contribution in [0.25, 0.3) is 11.0 Å². The average molecular weight is 294 g/mol. The molecule has 5 nitrogen and oxygen atoms in total. The van der Waals surface area contributed by atoms with Gasteiger partial charge in [-0.1, -0.05) is 23.8 Å². The van der Waals surface area contributed by atoms with Crippen molar-refractivity contribution in [1.29, 1.82) is 0 Å². The van der Waals surface area contributed by atoms with Crippen molar-refractivity contribution >= 4 is 23.2 Å². The Morgan fingerprint density at radius 3 is 2.91 bits per heavy atom. The van der Waals surface area contributed by atoms with Crippen LogP contribution in [0.3, 0.4) is 0 Å². The molecule has 0 bridgehead atoms. The molecule has 0 aliphatic carbocycles. The van der Waals surface area contributed by atoms with Crippen molar-refractivity contribution in [1.82, 2.24) is 9.55 Å². The molecule has 2 N–H and O–H groups in total. The van der Waals surface area contributed by atoms with Gasteiger partial charge in [-0.3, -0.25) is 0 Å². The zero-order chi connectivity index (χ0) is 15.5. The van der Waals surface area contributed by atoms with E-state index in [4.69, 9.17) is 0 Å². The highest BCUT2D eigenvalue weighted by molar-refractivity contribution is 5.84. The molecular weight excluding hydrogens is 276 g/mol. The summed E-state index contributed by atoms with van der Waals surface area (Å²) in [6, 6.07) is 13.4. The van der Waals surface area contributed by atoms with E-state index in [2.05, 4.69) is 27.0 Å². The van der Waals surface area contributed by atoms with E-state index < -0.39 is 0 Å². The summed E-state index contributed by atoms with van der Waals surface area (Å²) in [4.78, 5) is 4.53. The van der Waals surface area contributed by atoms with Crippen molar-refractivity contribution in [3.63, 3.8) is 0 Å². The van der Waals surface area contributed by atoms with Crippen LogP contribution in [0.15, 0.2) is 47.6 Å². The number of hydrazone groups is 1. The zero-order valence-electron chi connectivity index (χ0n) is 12.6. The molecule has 0 amide bonds. The van der Waals surface area contributed by atoms with Gasteiger partial charge in [0.2, 0.25) is 5.95 Å². The van der Waals surface area contributed by atoms with Crippen LogP contribution in [-0.4, -0.2) is 20.9 Å². The molecule has 0 unspecified atom stereocenters. The van der Waals surface area contributed by atoms with Crippen LogP contribution in [0, 0.1) is 6.92 Å². The number of nitrogens with one attached hydrogen (secondary N) is 1. The molecule has 0 saturated heterocycles. The van der Waals surface area contributed by atoms with Crippen LogP contribution in [0.1, 0.15) is 18.1 Å². The molecule has 112 valence electrons. The first kappa shape index (κ1) is 14.1. The fourth-order valence-electron chi connectivity index (χ4n) is 2.42. The number of para-hydroxylation sites is 2. The molecule has 22 heavy (non-hydrogen) atoms. The summed E-state index contributed by atoms with van der Waals surface area (Å²) in [5, 5.41) is 14.0. The first-order valence-corrected chi connectivity index (χ1v) is 7.23. The molecule has 1 heterocycles. The molecular formula is C17H18N4O. The Hall–Kier alpha value is -2.82. The fraction of sp³-hybridized carbons (Fsp3) is 0.176. The minimum Gasteiger partial charge on any atom is -0.507 e. The molecule has 2 aromatic carbocycles. The van der Waals surface area contributed by atoms with Crippen LogP contribution < -0.4 is 5.43 Å². The van der Waals surface area contributed by atoms with Crippen molar-refractivity contribution in [3.05, 3.63) is 53.6 Å². The normalized spacial score (nSPS) is 11.4. The van der Waals surface area contributed by atoms with Crippen LogP contribution in [-0.2, 0) is 6.54 Å². The first-order valence-electron chi connectivity index (χ1n) is 7.23. The van der Waals surface area contributed by atoms with Gasteiger partial charge in [0, 0.05) is 12.1 Å². The van der Waals surface area contributed by atoms with E-state index in [1.807, 2.05) is 43.3 Å². The van der Waals surface area contributed by atoms with Gasteiger partial charge in [0.25, 0.3) is 0 Å². The van der Waals surface area contributed by atoms with Crippen LogP contribution >= 0.6 is 0 Å². The lowest BCUT2D eigenvalue weighted by Crippen LogP contribution is -2.02. The summed E-state index contributed by atoms with van der Waals surface area (Å²) in [6.07, 6.45) is 1.60. The Morgan fingerprint density at radius 1 is 1.27 bits per heavy atom. The van der Waals surface area contributed by atoms with E-state index in [0.717, 1.165) is 23.1 Å². The second-order valence-electron chi connectivity index (χ2n) is 5.10. The van der Waals surface area contributed by atoms with E-state index in [1.165, 1.54) is 0 Å². The number of benzene rings is 2. The lowest BCUT2D eigenvalue weighted by molar-refractivity contribution is 0.474. The third kappa shape index (κ3) is 2.65. The number of phenolic OH excluding ortho intramolecular Hbond substituents is 1. The quantitative estimate of drug-likeness (QED) is 0.571. The summed E-state index contributed by atoms with van der Waals surface area (Å²) in [6.45, 7) is 4.84. The topological polar surface area (TPSA) is 62.4 Å². The SMILES string of the molecule is CCn1c(N/N=C\c2cc(C)ccc2O)nc2ccccc21. The number of nitrogens with zero attached hydrogens (tertiary/aromatic N) is 3. The highest BCUT2D eigenvalue weighted by Gasteiger charge is 2.07. The van der Waals surface area contributed by atoms with Crippen LogP contribution in [0.4, 0.5) is 5.95 Å². The van der Waals surface area contributed by atoms with Crippen LogP contribution in [0.2, 0.25) is 0 Å². The summed E-state index contributed by atoms with van der Waals surface area (Å²) < 4.78 is 2.06. The Morgan fingerprint density at radius 2 is 2.09 bits per heavy atom. The molecule has 0 atom stereocenters. The number of anilines is 1. The number of aryl methyl sites for hydroxylation is 2. The fourth-order valence-corrected chi connectivity index (χ4v) is 2.42. The van der Waals surface area contributed by atoms with Gasteiger partial charge in [0.15, 0.2) is 0 Å². The second-order valence-corrected chi connectivity index (χ2v) is 5.10. The number of phenols is 1. The van der Waals surface area contributed by atoms with Gasteiger partial charge >= 0.3 is 0 Å². The smallest absolute Gasteiger partial charge is 0.224 e. The molecule has 0 radical (unpaired) electrons. The van der Waals surface area contributed by atoms with Gasteiger partial charge in [-0.05, 0) is 38.1 Å². The Labute approximate surface area is 128 Å². The van der Waals surface area contributed by atoms with Gasteiger partial charge in [-0.15, -0.1) is 0 Å². The summed E-state index contributed by atoms with van der Waals surface area (Å²) in [5.41, 5.74) is 6.70. The van der Waals surface area contributed by atoms with Gasteiger partial charge in [-0.25, -0.2) is 10.4 Å². The van der Waals surface area contributed by atoms with Crippen molar-refractivity contribution in [2.75, 3.05) is 5.43 Å². The maximum Gasteiger partial charge on any atom is 0.224 e. The number of aromatic hydroxyl groups is 1. The minimum atomic E-state index is 0.208. The van der Waals surface area contributed by atoms with Crippen molar-refractivity contribution in [2.24, 2.45) is 5.10 Å². The van der Waals surface area contributed by atoms with Crippen molar-refractivity contribution < 1.29 is 5.11 Å². The third-order valence-electron chi connectivity index (χ3n) is 3.52. The van der Waals surface area contributed by atoms with Crippen molar-refractivity contribution in [2.45, 2.75) is 20.4 Å². The monoisotopic (exact) mass is 294 g/mol. The first-order chi connectivity index (χ1) is 10.7. The number of aromatic nitrogens is 2. The lowest BCUT2D eigenvalue weighted by atomic mass is 10.1. The van der Waals surface area contributed by atoms with Crippen LogP contribution in [0.5, 0.6) is 5.75 Å². The average Bonchev–Trinajstić information content (AvgIpc) is 2.88. The molecule has 0 fully saturated rings. The predicted molar refractivity (Wildman–Crippen MR) is 89.5 cm³/mol. The Balaban J connectivity index is 1.87. The number of rotatable bonds is 4. The maximum absolute atomic E-state index is 9.81. The highest BCUT2D eigenvalue weighted by Crippen LogP contribution is 2.20. The number of imidazole rings is 1. The van der Waals surface area contributed by atoms with E-state index in [1.54, 1.807) is 12.3 Å². The highest BCUT2D eigenvalue weighted by atomic mass is 16.3. The molecule has 5 heteroatoms. The summed E-state index contributed by atoms with van der Waals surface area (Å²) in [7, 11) is 0. The Bertz CT molecular complexity index is 836. The van der Waals surface area contributed by atoms with E-state index >= 15 is 0 Å². The maximum atomic E-state index is 9.81. The van der Waals surface area contributed by atoms with E-state index in [0.29, 0.717) is 11.5 Å². The van der Waals surface area contributed by atoms with Gasteiger partial charge in [0.05, 0.1) is 17.2 Å². The van der Waals surface area contributed by atoms with E-state index in [9.17, 15) is 5.11 Å². The number of hydrogen-bond donors (Lipinski definition) is 2. The summed E-state index contributed by atoms with van der Waals surface area (Å²) >= 11 is 0. The predicted octanol–water partition coefficient (Wildman–Crippen LogP) is 3.52. The van der Waals surface area contributed by atoms with Gasteiger partial charge in [0.1, 0.15) is 5.75 Å². The zero-order valence-corrected chi connectivity index (χ0v) is 12.6. The number of fused-ring (bicyclic) bond motifs is 1. The molecule has 0 aliphatic heterocycles. The van der Waals surface area contributed by atoms with Gasteiger partial charge in [-0.2, -0.15) is 5.10 Å². The largest absolute Gasteiger partial charge is 0.507 e. The van der Waals surface area contributed by atoms with Gasteiger partial charge < -0.3 is 9.67 Å². The molecule has 3 rings (SSSR count). The summed E-state index contributed by atoms with van der Waals surface area (Å²) in [5.74, 6) is 0.896. The Kier molecular flexibility index (Phi) is 3.78. The molecule has 3 aromatic rings. The third-order valence-corrected chi connectivity index (χ3v) is 3.52. The molecule has 0 saturated carbocycles. The molecule has 0 aliphatic rings. The second kappa shape index (κ2) is 5.89. The molecule has 1 aromatic heterocycles. The number of hydrogen-bond acceptors (Lipinski definition) is 4. The van der Waals surface area contributed by atoms with Crippen molar-refractivity contribution in [3.8, 4) is 5.75 Å². The standard InChI is InChI=1S/C17H18N4O/c1-3-21-15-7-5-4-6-14(15)19-17(21)20-18-11-13-10-12(2)8-9-16(13)22/h4-11,22H,3H2,1-2H3,(H,19,20)/b18-11-. The molecule has 0 spiro atoms.